The van der Waals surface area contributed by atoms with Crippen molar-refractivity contribution in [3.8, 4) is 0 Å². The van der Waals surface area contributed by atoms with E-state index in [0.29, 0.717) is 35.7 Å². The third-order valence-electron chi connectivity index (χ3n) is 3.02. The highest BCUT2D eigenvalue weighted by atomic mass is 16.5. The second kappa shape index (κ2) is 6.14. The van der Waals surface area contributed by atoms with Gasteiger partial charge in [-0.2, -0.15) is 0 Å². The van der Waals surface area contributed by atoms with Gasteiger partial charge in [0.15, 0.2) is 5.52 Å². The van der Waals surface area contributed by atoms with Crippen molar-refractivity contribution in [2.24, 2.45) is 7.05 Å². The van der Waals surface area contributed by atoms with Gasteiger partial charge in [-0.1, -0.05) is 12.1 Å². The summed E-state index contributed by atoms with van der Waals surface area (Å²) in [6, 6.07) is 7.23. The van der Waals surface area contributed by atoms with Crippen molar-refractivity contribution >= 4 is 23.0 Å². The number of fused-ring (bicyclic) bond motifs is 1. The summed E-state index contributed by atoms with van der Waals surface area (Å²) in [6.45, 7) is 0.536. The second-order valence-electron chi connectivity index (χ2n) is 4.35. The van der Waals surface area contributed by atoms with E-state index in [4.69, 9.17) is 0 Å². The molecule has 7 heteroatoms. The zero-order chi connectivity index (χ0) is 14.5. The SMILES string of the molecule is COC(=O)CCCNc1n[n+]([O-])c2ccccc2[n+]1C. The summed E-state index contributed by atoms with van der Waals surface area (Å²) in [4.78, 5) is 11.6. The van der Waals surface area contributed by atoms with E-state index in [0.717, 1.165) is 5.52 Å². The Balaban J connectivity index is 2.11. The monoisotopic (exact) mass is 277 g/mol. The highest BCUT2D eigenvalue weighted by Crippen LogP contribution is 2.05. The number of benzene rings is 1. The molecule has 2 aromatic rings. The molecule has 106 valence electrons. The first-order valence-corrected chi connectivity index (χ1v) is 6.33. The number of ether oxygens (including phenoxy) is 1. The molecule has 20 heavy (non-hydrogen) atoms. The Morgan fingerprint density at radius 3 is 2.80 bits per heavy atom. The van der Waals surface area contributed by atoms with Crippen LogP contribution in [-0.4, -0.2) is 24.7 Å². The molecule has 0 aliphatic heterocycles. The highest BCUT2D eigenvalue weighted by Gasteiger charge is 2.20. The number of rotatable bonds is 5. The lowest BCUT2D eigenvalue weighted by molar-refractivity contribution is -0.693. The largest absolute Gasteiger partial charge is 0.582 e. The summed E-state index contributed by atoms with van der Waals surface area (Å²) in [5.74, 6) is 0.213. The lowest BCUT2D eigenvalue weighted by Gasteiger charge is -2.04. The summed E-state index contributed by atoms with van der Waals surface area (Å²) < 4.78 is 6.37. The van der Waals surface area contributed by atoms with E-state index < -0.39 is 0 Å². The summed E-state index contributed by atoms with van der Waals surface area (Å²) in [6.07, 6.45) is 0.943. The van der Waals surface area contributed by atoms with Gasteiger partial charge in [0.25, 0.3) is 5.52 Å². The van der Waals surface area contributed by atoms with Gasteiger partial charge in [-0.15, -0.1) is 0 Å². The van der Waals surface area contributed by atoms with Gasteiger partial charge in [-0.3, -0.25) is 10.1 Å². The van der Waals surface area contributed by atoms with Crippen LogP contribution in [0, 0.1) is 5.21 Å². The normalized spacial score (nSPS) is 10.5. The molecule has 0 amide bonds. The number of carbonyl (C=O) groups is 1. The Morgan fingerprint density at radius 1 is 1.40 bits per heavy atom. The smallest absolute Gasteiger partial charge is 0.460 e. The van der Waals surface area contributed by atoms with Gasteiger partial charge in [0, 0.05) is 17.3 Å². The van der Waals surface area contributed by atoms with Crippen LogP contribution in [0.4, 0.5) is 5.95 Å². The first kappa shape index (κ1) is 14.0. The number of esters is 1. The molecular weight excluding hydrogens is 260 g/mol. The van der Waals surface area contributed by atoms with E-state index in [1.54, 1.807) is 12.1 Å². The Kier molecular flexibility index (Phi) is 4.29. The Bertz CT molecular complexity index is 630. The topological polar surface area (TPSA) is 82.0 Å². The van der Waals surface area contributed by atoms with Gasteiger partial charge in [0.1, 0.15) is 0 Å². The third kappa shape index (κ3) is 2.93. The van der Waals surface area contributed by atoms with Crippen LogP contribution in [0.15, 0.2) is 24.3 Å². The van der Waals surface area contributed by atoms with Gasteiger partial charge in [-0.05, 0) is 12.5 Å². The number of carbonyl (C=O) groups excluding carboxylic acids is 1. The molecule has 0 saturated heterocycles. The van der Waals surface area contributed by atoms with Crippen LogP contribution in [0.25, 0.3) is 11.0 Å². The second-order valence-corrected chi connectivity index (χ2v) is 4.35. The number of nitrogens with one attached hydrogen (secondary N) is 1. The number of aromatic nitrogens is 3. The van der Waals surface area contributed by atoms with Crippen LogP contribution in [0.2, 0.25) is 0 Å². The maximum Gasteiger partial charge on any atom is 0.460 e. The van der Waals surface area contributed by atoms with Crippen molar-refractivity contribution < 1.29 is 18.9 Å². The van der Waals surface area contributed by atoms with Crippen molar-refractivity contribution in [1.29, 1.82) is 0 Å². The fourth-order valence-corrected chi connectivity index (χ4v) is 1.92. The van der Waals surface area contributed by atoms with Crippen LogP contribution in [0.1, 0.15) is 12.8 Å². The van der Waals surface area contributed by atoms with Crippen molar-refractivity contribution in [3.63, 3.8) is 0 Å². The van der Waals surface area contributed by atoms with Gasteiger partial charge in [0.2, 0.25) is 5.10 Å². The molecule has 0 atom stereocenters. The van der Waals surface area contributed by atoms with E-state index >= 15 is 0 Å². The zero-order valence-corrected chi connectivity index (χ0v) is 11.5. The molecule has 1 aromatic carbocycles. The first-order chi connectivity index (χ1) is 9.63. The van der Waals surface area contributed by atoms with Crippen LogP contribution >= 0.6 is 0 Å². The summed E-state index contributed by atoms with van der Waals surface area (Å²) in [7, 11) is 3.19. The van der Waals surface area contributed by atoms with Crippen molar-refractivity contribution in [1.82, 2.24) is 5.10 Å². The molecule has 0 spiro atoms. The summed E-state index contributed by atoms with van der Waals surface area (Å²) in [5, 5.41) is 18.8. The first-order valence-electron chi connectivity index (χ1n) is 6.33. The predicted octanol–water partition coefficient (Wildman–Crippen LogP) is 0.0578. The van der Waals surface area contributed by atoms with Crippen molar-refractivity contribution in [2.75, 3.05) is 19.0 Å². The fraction of sp³-hybridized carbons (Fsp3) is 0.385. The van der Waals surface area contributed by atoms with E-state index in [2.05, 4.69) is 15.2 Å². The Hall–Kier alpha value is -2.44. The maximum absolute atomic E-state index is 11.8. The van der Waals surface area contributed by atoms with E-state index in [1.807, 2.05) is 23.7 Å². The predicted molar refractivity (Wildman–Crippen MR) is 71.6 cm³/mol. The minimum absolute atomic E-state index is 0.249. The van der Waals surface area contributed by atoms with E-state index in [9.17, 15) is 10.0 Å². The molecule has 1 aromatic heterocycles. The third-order valence-corrected chi connectivity index (χ3v) is 3.02. The molecule has 1 N–H and O–H groups in total. The average Bonchev–Trinajstić information content (AvgIpc) is 2.48. The molecule has 0 aliphatic rings. The molecule has 2 rings (SSSR count). The van der Waals surface area contributed by atoms with Gasteiger partial charge in [-0.25, -0.2) is 4.57 Å². The van der Waals surface area contributed by atoms with Crippen LogP contribution in [0.3, 0.4) is 0 Å². The van der Waals surface area contributed by atoms with Gasteiger partial charge in [0.05, 0.1) is 20.7 Å². The number of hydrogen-bond donors (Lipinski definition) is 1. The summed E-state index contributed by atoms with van der Waals surface area (Å²) in [5.41, 5.74) is 1.29. The van der Waals surface area contributed by atoms with E-state index in [1.165, 1.54) is 7.11 Å². The van der Waals surface area contributed by atoms with Gasteiger partial charge < -0.3 is 9.94 Å². The molecular formula is C13H17N4O3+. The molecule has 0 radical (unpaired) electrons. The standard InChI is InChI=1S/C13H16N4O3/c1-16-10-6-3-4-7-11(10)17(19)15-13(16)14-9-5-8-12(18)20-2/h3-4,6-7H,5,8-9H2,1-2H3/p+1. The minimum atomic E-state index is -0.249. The lowest BCUT2D eigenvalue weighted by atomic mass is 10.3. The molecule has 0 fully saturated rings. The molecule has 7 nitrogen and oxygen atoms in total. The fourth-order valence-electron chi connectivity index (χ4n) is 1.92. The number of anilines is 1. The number of methoxy groups -OCH3 is 1. The van der Waals surface area contributed by atoms with Crippen LogP contribution in [0.5, 0.6) is 0 Å². The quantitative estimate of drug-likeness (QED) is 0.362. The molecule has 0 aliphatic carbocycles. The average molecular weight is 277 g/mol. The lowest BCUT2D eigenvalue weighted by Crippen LogP contribution is -2.45. The molecule has 1 heterocycles. The number of hydrogen-bond acceptors (Lipinski definition) is 5. The molecule has 0 saturated carbocycles. The molecule has 0 bridgehead atoms. The molecule has 0 unspecified atom stereocenters. The number of para-hydroxylation sites is 2. The summed E-state index contributed by atoms with van der Waals surface area (Å²) >= 11 is 0. The van der Waals surface area contributed by atoms with Gasteiger partial charge >= 0.3 is 11.9 Å². The maximum atomic E-state index is 11.8. The Morgan fingerprint density at radius 2 is 2.10 bits per heavy atom. The van der Waals surface area contributed by atoms with Crippen LogP contribution in [-0.2, 0) is 16.6 Å². The minimum Gasteiger partial charge on any atom is -0.582 e. The number of aryl methyl sites for hydroxylation is 1. The highest BCUT2D eigenvalue weighted by molar-refractivity contribution is 5.69. The zero-order valence-electron chi connectivity index (χ0n) is 11.5. The van der Waals surface area contributed by atoms with Crippen molar-refractivity contribution in [3.05, 3.63) is 29.5 Å². The van der Waals surface area contributed by atoms with Crippen molar-refractivity contribution in [2.45, 2.75) is 12.8 Å². The van der Waals surface area contributed by atoms with Crippen LogP contribution < -0.4 is 14.7 Å². The number of nitrogens with zero attached hydrogens (tertiary/aromatic N) is 3. The van der Waals surface area contributed by atoms with E-state index in [-0.39, 0.29) is 5.97 Å². The Labute approximate surface area is 116 Å².